The lowest BCUT2D eigenvalue weighted by Crippen LogP contribution is -2.39. The van der Waals surface area contributed by atoms with E-state index in [-0.39, 0.29) is 0 Å². The molecule has 0 aliphatic carbocycles. The van der Waals surface area contributed by atoms with Crippen molar-refractivity contribution in [2.75, 3.05) is 32.9 Å². The Morgan fingerprint density at radius 1 is 1.17 bits per heavy atom. The van der Waals surface area contributed by atoms with Crippen LogP contribution in [0.15, 0.2) is 29.3 Å². The van der Waals surface area contributed by atoms with Gasteiger partial charge in [-0.3, -0.25) is 0 Å². The molecule has 5 nitrogen and oxygen atoms in total. The standard InChI is InChI=1S/C18H31N3O2/c1-5-19-18(20-11-12-22-14-15(3)4)21-13-16-9-7-8-10-17(16)23-6-2/h7-10,15H,5-6,11-14H2,1-4H3,(H2,19,20,21). The van der Waals surface area contributed by atoms with Crippen molar-refractivity contribution in [3.8, 4) is 5.75 Å². The second kappa shape index (κ2) is 11.8. The van der Waals surface area contributed by atoms with Crippen LogP contribution in [0.4, 0.5) is 0 Å². The van der Waals surface area contributed by atoms with Crippen molar-refractivity contribution < 1.29 is 9.47 Å². The molecule has 1 aromatic carbocycles. The van der Waals surface area contributed by atoms with Gasteiger partial charge in [0.05, 0.1) is 19.8 Å². The fraction of sp³-hybridized carbons (Fsp3) is 0.611. The summed E-state index contributed by atoms with van der Waals surface area (Å²) in [5, 5.41) is 6.54. The van der Waals surface area contributed by atoms with Crippen molar-refractivity contribution in [2.45, 2.75) is 34.2 Å². The maximum absolute atomic E-state index is 5.63. The Balaban J connectivity index is 2.51. The Labute approximate surface area is 140 Å². The lowest BCUT2D eigenvalue weighted by atomic mass is 10.2. The topological polar surface area (TPSA) is 54.9 Å². The molecule has 23 heavy (non-hydrogen) atoms. The summed E-state index contributed by atoms with van der Waals surface area (Å²) >= 11 is 0. The van der Waals surface area contributed by atoms with Crippen LogP contribution in [0, 0.1) is 5.92 Å². The summed E-state index contributed by atoms with van der Waals surface area (Å²) in [5.74, 6) is 2.26. The van der Waals surface area contributed by atoms with Crippen molar-refractivity contribution >= 4 is 5.96 Å². The zero-order valence-electron chi connectivity index (χ0n) is 14.9. The molecule has 2 N–H and O–H groups in total. The molecule has 1 aromatic rings. The van der Waals surface area contributed by atoms with Gasteiger partial charge in [0.1, 0.15) is 5.75 Å². The third-order valence-corrected chi connectivity index (χ3v) is 3.01. The highest BCUT2D eigenvalue weighted by Gasteiger charge is 2.03. The molecule has 0 radical (unpaired) electrons. The van der Waals surface area contributed by atoms with E-state index in [1.807, 2.05) is 31.2 Å². The van der Waals surface area contributed by atoms with E-state index in [1.165, 1.54) is 0 Å². The fourth-order valence-corrected chi connectivity index (χ4v) is 2.00. The van der Waals surface area contributed by atoms with Crippen molar-refractivity contribution in [1.29, 1.82) is 0 Å². The number of benzene rings is 1. The number of aliphatic imine (C=N–C) groups is 1. The fourth-order valence-electron chi connectivity index (χ4n) is 2.00. The van der Waals surface area contributed by atoms with Crippen LogP contribution in [-0.4, -0.2) is 38.9 Å². The number of ether oxygens (including phenoxy) is 2. The van der Waals surface area contributed by atoms with E-state index in [4.69, 9.17) is 9.47 Å². The molecule has 0 amide bonds. The van der Waals surface area contributed by atoms with Crippen LogP contribution >= 0.6 is 0 Å². The highest BCUT2D eigenvalue weighted by molar-refractivity contribution is 5.79. The van der Waals surface area contributed by atoms with E-state index in [2.05, 4.69) is 36.4 Å². The monoisotopic (exact) mass is 321 g/mol. The molecule has 130 valence electrons. The zero-order chi connectivity index (χ0) is 16.9. The van der Waals surface area contributed by atoms with Gasteiger partial charge in [0.15, 0.2) is 5.96 Å². The number of hydrogen-bond donors (Lipinski definition) is 2. The maximum Gasteiger partial charge on any atom is 0.191 e. The average molecular weight is 321 g/mol. The lowest BCUT2D eigenvalue weighted by molar-refractivity contribution is 0.114. The van der Waals surface area contributed by atoms with Gasteiger partial charge >= 0.3 is 0 Å². The van der Waals surface area contributed by atoms with Gasteiger partial charge in [-0.1, -0.05) is 32.0 Å². The normalized spacial score (nSPS) is 11.6. The van der Waals surface area contributed by atoms with Gasteiger partial charge in [0.25, 0.3) is 0 Å². The predicted molar refractivity (Wildman–Crippen MR) is 96.1 cm³/mol. The van der Waals surface area contributed by atoms with Gasteiger partial charge in [-0.05, 0) is 25.8 Å². The van der Waals surface area contributed by atoms with Gasteiger partial charge in [-0.25, -0.2) is 4.99 Å². The molecule has 0 bridgehead atoms. The first-order chi connectivity index (χ1) is 11.2. The predicted octanol–water partition coefficient (Wildman–Crippen LogP) is 2.81. The van der Waals surface area contributed by atoms with E-state index < -0.39 is 0 Å². The van der Waals surface area contributed by atoms with Gasteiger partial charge in [0, 0.05) is 25.3 Å². The van der Waals surface area contributed by atoms with E-state index in [9.17, 15) is 0 Å². The molecule has 1 rings (SSSR count). The van der Waals surface area contributed by atoms with Crippen molar-refractivity contribution in [3.63, 3.8) is 0 Å². The summed E-state index contributed by atoms with van der Waals surface area (Å²) in [6, 6.07) is 8.01. The first kappa shape index (κ1) is 19.3. The molecular formula is C18H31N3O2. The first-order valence-corrected chi connectivity index (χ1v) is 8.48. The number of guanidine groups is 1. The zero-order valence-corrected chi connectivity index (χ0v) is 14.9. The number of rotatable bonds is 10. The summed E-state index contributed by atoms with van der Waals surface area (Å²) in [6.07, 6.45) is 0. The third kappa shape index (κ3) is 8.45. The first-order valence-electron chi connectivity index (χ1n) is 8.48. The highest BCUT2D eigenvalue weighted by Crippen LogP contribution is 2.18. The quantitative estimate of drug-likeness (QED) is 0.395. The molecule has 0 unspecified atom stereocenters. The van der Waals surface area contributed by atoms with Crippen LogP contribution in [0.3, 0.4) is 0 Å². The summed E-state index contributed by atoms with van der Waals surface area (Å²) in [6.45, 7) is 12.6. The van der Waals surface area contributed by atoms with Crippen LogP contribution in [0.25, 0.3) is 0 Å². The molecule has 0 aliphatic rings. The Morgan fingerprint density at radius 3 is 2.65 bits per heavy atom. The molecule has 0 aliphatic heterocycles. The maximum atomic E-state index is 5.63. The van der Waals surface area contributed by atoms with Crippen LogP contribution in [0.1, 0.15) is 33.3 Å². The third-order valence-electron chi connectivity index (χ3n) is 3.01. The minimum atomic E-state index is 0.562. The van der Waals surface area contributed by atoms with Crippen LogP contribution < -0.4 is 15.4 Å². The van der Waals surface area contributed by atoms with Gasteiger partial charge in [0.2, 0.25) is 0 Å². The van der Waals surface area contributed by atoms with Crippen LogP contribution in [-0.2, 0) is 11.3 Å². The van der Waals surface area contributed by atoms with Gasteiger partial charge in [-0.15, -0.1) is 0 Å². The lowest BCUT2D eigenvalue weighted by Gasteiger charge is -2.13. The largest absolute Gasteiger partial charge is 0.494 e. The number of nitrogens with zero attached hydrogens (tertiary/aromatic N) is 1. The molecule has 0 fully saturated rings. The molecule has 0 aromatic heterocycles. The van der Waals surface area contributed by atoms with E-state index in [0.717, 1.165) is 37.0 Å². The second-order valence-electron chi connectivity index (χ2n) is 5.63. The second-order valence-corrected chi connectivity index (χ2v) is 5.63. The summed E-state index contributed by atoms with van der Waals surface area (Å²) in [7, 11) is 0. The van der Waals surface area contributed by atoms with Crippen LogP contribution in [0.5, 0.6) is 5.75 Å². The average Bonchev–Trinajstić information content (AvgIpc) is 2.53. The highest BCUT2D eigenvalue weighted by atomic mass is 16.5. The molecule has 0 saturated carbocycles. The molecule has 5 heteroatoms. The smallest absolute Gasteiger partial charge is 0.191 e. The van der Waals surface area contributed by atoms with Crippen molar-refractivity contribution in [2.24, 2.45) is 10.9 Å². The summed E-state index contributed by atoms with van der Waals surface area (Å²) < 4.78 is 11.2. The summed E-state index contributed by atoms with van der Waals surface area (Å²) in [5.41, 5.74) is 1.09. The SMILES string of the molecule is CCNC(=NCc1ccccc1OCC)NCCOCC(C)C. The van der Waals surface area contributed by atoms with E-state index >= 15 is 0 Å². The number of hydrogen-bond acceptors (Lipinski definition) is 3. The van der Waals surface area contributed by atoms with Crippen molar-refractivity contribution in [1.82, 2.24) is 10.6 Å². The molecule has 0 heterocycles. The molecule has 0 saturated heterocycles. The molecular weight excluding hydrogens is 290 g/mol. The minimum absolute atomic E-state index is 0.562. The Kier molecular flexibility index (Phi) is 9.87. The van der Waals surface area contributed by atoms with Gasteiger partial charge in [-0.2, -0.15) is 0 Å². The minimum Gasteiger partial charge on any atom is -0.494 e. The van der Waals surface area contributed by atoms with Crippen molar-refractivity contribution in [3.05, 3.63) is 29.8 Å². The van der Waals surface area contributed by atoms with Gasteiger partial charge < -0.3 is 20.1 Å². The van der Waals surface area contributed by atoms with E-state index in [0.29, 0.717) is 25.7 Å². The number of para-hydroxylation sites is 1. The molecule has 0 spiro atoms. The Hall–Kier alpha value is -1.75. The Bertz CT molecular complexity index is 461. The van der Waals surface area contributed by atoms with Crippen LogP contribution in [0.2, 0.25) is 0 Å². The summed E-state index contributed by atoms with van der Waals surface area (Å²) in [4.78, 5) is 4.62. The van der Waals surface area contributed by atoms with E-state index in [1.54, 1.807) is 0 Å². The number of nitrogens with one attached hydrogen (secondary N) is 2. The molecule has 0 atom stereocenters. The Morgan fingerprint density at radius 2 is 1.96 bits per heavy atom.